The lowest BCUT2D eigenvalue weighted by molar-refractivity contribution is 0.190. The molecule has 1 aliphatic heterocycles. The van der Waals surface area contributed by atoms with Crippen molar-refractivity contribution < 1.29 is 9.26 Å². The van der Waals surface area contributed by atoms with Crippen LogP contribution in [0.5, 0.6) is 5.75 Å². The third kappa shape index (κ3) is 3.58. The Kier molecular flexibility index (Phi) is 6.08. The van der Waals surface area contributed by atoms with Crippen LogP contribution in [0.2, 0.25) is 0 Å². The molecule has 2 heterocycles. The molecule has 1 aromatic heterocycles. The van der Waals surface area contributed by atoms with E-state index in [9.17, 15) is 0 Å². The molecule has 1 saturated heterocycles. The summed E-state index contributed by atoms with van der Waals surface area (Å²) < 4.78 is 11.4. The lowest BCUT2D eigenvalue weighted by atomic mass is 9.78. The molecule has 1 N–H and O–H groups in total. The fraction of sp³-hybridized carbons (Fsp3) is 0.600. The normalized spacial score (nSPS) is 22.4. The second-order valence-electron chi connectivity index (χ2n) is 7.63. The highest BCUT2D eigenvalue weighted by Gasteiger charge is 2.43. The number of nitrogens with zero attached hydrogens (tertiary/aromatic N) is 3. The van der Waals surface area contributed by atoms with Crippen molar-refractivity contribution in [2.24, 2.45) is 0 Å². The summed E-state index contributed by atoms with van der Waals surface area (Å²) in [5.74, 6) is 2.47. The van der Waals surface area contributed by atoms with Crippen LogP contribution in [0.1, 0.15) is 54.6 Å². The summed E-state index contributed by atoms with van der Waals surface area (Å²) in [5, 5.41) is 7.79. The minimum absolute atomic E-state index is 0. The van der Waals surface area contributed by atoms with Gasteiger partial charge in [-0.1, -0.05) is 30.1 Å². The molecule has 2 aromatic rings. The summed E-state index contributed by atoms with van der Waals surface area (Å²) in [6.45, 7) is 4.93. The summed E-state index contributed by atoms with van der Waals surface area (Å²) in [6.07, 6.45) is 4.44. The first-order valence-electron chi connectivity index (χ1n) is 9.54. The fourth-order valence-corrected chi connectivity index (χ4v) is 4.38. The van der Waals surface area contributed by atoms with Crippen LogP contribution in [0.25, 0.3) is 0 Å². The maximum atomic E-state index is 5.86. The number of piperazine rings is 1. The number of hydrogen-bond donors (Lipinski definition) is 1. The summed E-state index contributed by atoms with van der Waals surface area (Å²) in [4.78, 5) is 7.19. The van der Waals surface area contributed by atoms with Crippen molar-refractivity contribution in [3.8, 4) is 5.75 Å². The van der Waals surface area contributed by atoms with E-state index in [4.69, 9.17) is 14.2 Å². The zero-order chi connectivity index (χ0) is 18.1. The Labute approximate surface area is 167 Å². The molecule has 4 rings (SSSR count). The van der Waals surface area contributed by atoms with Crippen molar-refractivity contribution in [3.05, 3.63) is 41.0 Å². The van der Waals surface area contributed by atoms with Crippen molar-refractivity contribution in [1.82, 2.24) is 20.4 Å². The highest BCUT2D eigenvalue weighted by molar-refractivity contribution is 5.85. The fourth-order valence-electron chi connectivity index (χ4n) is 4.38. The minimum Gasteiger partial charge on any atom is -0.496 e. The molecular formula is C20H29ClN4O2. The van der Waals surface area contributed by atoms with Gasteiger partial charge >= 0.3 is 0 Å². The quantitative estimate of drug-likeness (QED) is 0.861. The molecule has 0 bridgehead atoms. The summed E-state index contributed by atoms with van der Waals surface area (Å²) in [6, 6.07) is 6.65. The maximum absolute atomic E-state index is 5.86. The van der Waals surface area contributed by atoms with Gasteiger partial charge in [0.15, 0.2) is 5.82 Å². The lowest BCUT2D eigenvalue weighted by Crippen LogP contribution is -2.44. The van der Waals surface area contributed by atoms with Crippen LogP contribution in [0.3, 0.4) is 0 Å². The van der Waals surface area contributed by atoms with Gasteiger partial charge in [-0.15, -0.1) is 12.4 Å². The number of benzene rings is 1. The average molecular weight is 393 g/mol. The van der Waals surface area contributed by atoms with Crippen molar-refractivity contribution >= 4 is 12.4 Å². The number of likely N-dealkylation sites (N-methyl/N-ethyl adjacent to an activating group) is 1. The van der Waals surface area contributed by atoms with Crippen molar-refractivity contribution in [2.45, 2.75) is 44.1 Å². The topological polar surface area (TPSA) is 63.4 Å². The Morgan fingerprint density at radius 2 is 2.07 bits per heavy atom. The first-order valence-corrected chi connectivity index (χ1v) is 9.54. The molecule has 2 aliphatic rings. The number of rotatable bonds is 4. The third-order valence-electron chi connectivity index (χ3n) is 6.08. The van der Waals surface area contributed by atoms with Gasteiger partial charge in [0.25, 0.3) is 0 Å². The molecule has 7 heteroatoms. The van der Waals surface area contributed by atoms with E-state index in [-0.39, 0.29) is 23.9 Å². The van der Waals surface area contributed by atoms with E-state index in [0.29, 0.717) is 0 Å². The van der Waals surface area contributed by atoms with Crippen LogP contribution in [0.15, 0.2) is 22.7 Å². The zero-order valence-electron chi connectivity index (χ0n) is 16.3. The van der Waals surface area contributed by atoms with Gasteiger partial charge in [-0.2, -0.15) is 4.98 Å². The molecule has 148 valence electrons. The molecule has 1 atom stereocenters. The van der Waals surface area contributed by atoms with Crippen molar-refractivity contribution in [1.29, 1.82) is 0 Å². The Balaban J connectivity index is 0.00000210. The Bertz CT molecular complexity index is 773. The third-order valence-corrected chi connectivity index (χ3v) is 6.08. The first-order chi connectivity index (χ1) is 12.6. The van der Waals surface area contributed by atoms with E-state index < -0.39 is 0 Å². The van der Waals surface area contributed by atoms with Crippen LogP contribution >= 0.6 is 12.4 Å². The van der Waals surface area contributed by atoms with Gasteiger partial charge in [0.05, 0.1) is 18.6 Å². The second-order valence-corrected chi connectivity index (χ2v) is 7.63. The van der Waals surface area contributed by atoms with E-state index in [0.717, 1.165) is 55.5 Å². The highest BCUT2D eigenvalue weighted by Crippen LogP contribution is 2.47. The van der Waals surface area contributed by atoms with Gasteiger partial charge in [-0.25, -0.2) is 0 Å². The number of aromatic nitrogens is 2. The van der Waals surface area contributed by atoms with Crippen LogP contribution in [-0.4, -0.2) is 48.8 Å². The molecule has 0 spiro atoms. The van der Waals surface area contributed by atoms with E-state index >= 15 is 0 Å². The monoisotopic (exact) mass is 392 g/mol. The number of ether oxygens (including phenoxy) is 1. The van der Waals surface area contributed by atoms with Gasteiger partial charge in [0, 0.05) is 19.6 Å². The molecule has 1 aliphatic carbocycles. The van der Waals surface area contributed by atoms with Gasteiger partial charge in [0.2, 0.25) is 5.89 Å². The van der Waals surface area contributed by atoms with Crippen LogP contribution in [0, 0.1) is 6.92 Å². The van der Waals surface area contributed by atoms with E-state index in [1.165, 1.54) is 18.4 Å². The highest BCUT2D eigenvalue weighted by atomic mass is 35.5. The van der Waals surface area contributed by atoms with Crippen LogP contribution in [-0.2, 0) is 5.41 Å². The number of halogens is 1. The summed E-state index contributed by atoms with van der Waals surface area (Å²) in [5.41, 5.74) is 2.18. The molecule has 1 unspecified atom stereocenters. The van der Waals surface area contributed by atoms with E-state index in [1.54, 1.807) is 7.11 Å². The molecule has 1 saturated carbocycles. The molecular weight excluding hydrogens is 364 g/mol. The Morgan fingerprint density at radius 3 is 2.78 bits per heavy atom. The van der Waals surface area contributed by atoms with Crippen LogP contribution < -0.4 is 10.1 Å². The van der Waals surface area contributed by atoms with Gasteiger partial charge in [0.1, 0.15) is 5.75 Å². The van der Waals surface area contributed by atoms with Gasteiger partial charge in [-0.3, -0.25) is 4.90 Å². The molecule has 1 aromatic carbocycles. The smallest absolute Gasteiger partial charge is 0.237 e. The van der Waals surface area contributed by atoms with Crippen molar-refractivity contribution in [3.63, 3.8) is 0 Å². The molecule has 0 radical (unpaired) electrons. The van der Waals surface area contributed by atoms with E-state index in [2.05, 4.69) is 47.5 Å². The predicted octanol–water partition coefficient (Wildman–Crippen LogP) is 3.24. The Morgan fingerprint density at radius 1 is 1.30 bits per heavy atom. The number of hydrogen-bond acceptors (Lipinski definition) is 6. The first kappa shape index (κ1) is 20.1. The van der Waals surface area contributed by atoms with Gasteiger partial charge in [-0.05, 0) is 44.0 Å². The standard InChI is InChI=1S/C20H28N4O2.ClH/c1-14-6-7-15(12-17(14)25-3)20(8-4-5-9-20)19-22-18(23-26-19)16-13-21-10-11-24(16)2;/h6-7,12,16,21H,4-5,8-11,13H2,1-3H3;1H. The molecule has 27 heavy (non-hydrogen) atoms. The lowest BCUT2D eigenvalue weighted by Gasteiger charge is -2.30. The summed E-state index contributed by atoms with van der Waals surface area (Å²) >= 11 is 0. The molecule has 6 nitrogen and oxygen atoms in total. The zero-order valence-corrected chi connectivity index (χ0v) is 17.1. The number of methoxy groups -OCH3 is 1. The maximum Gasteiger partial charge on any atom is 0.237 e. The number of nitrogens with one attached hydrogen (secondary N) is 1. The summed E-state index contributed by atoms with van der Waals surface area (Å²) in [7, 11) is 3.85. The van der Waals surface area contributed by atoms with E-state index in [1.807, 2.05) is 0 Å². The van der Waals surface area contributed by atoms with Crippen molar-refractivity contribution in [2.75, 3.05) is 33.8 Å². The second kappa shape index (κ2) is 8.17. The Hall–Kier alpha value is -1.63. The number of aryl methyl sites for hydroxylation is 1. The molecule has 0 amide bonds. The predicted molar refractivity (Wildman–Crippen MR) is 107 cm³/mol. The SMILES string of the molecule is COc1cc(C2(c3nc(C4CNCCN4C)no3)CCCC2)ccc1C.Cl. The minimum atomic E-state index is -0.188. The van der Waals surface area contributed by atoms with Gasteiger partial charge < -0.3 is 14.6 Å². The molecule has 2 fully saturated rings. The van der Waals surface area contributed by atoms with Crippen LogP contribution in [0.4, 0.5) is 0 Å². The average Bonchev–Trinajstić information content (AvgIpc) is 3.33. The largest absolute Gasteiger partial charge is 0.496 e.